The second-order valence-corrected chi connectivity index (χ2v) is 18.0. The average Bonchev–Trinajstić information content (AvgIpc) is 3.46. The largest absolute Gasteiger partial charge is 0.380 e. The molecule has 4 aromatic heterocycles. The Morgan fingerprint density at radius 3 is 2.76 bits per heavy atom. The van der Waals surface area contributed by atoms with Gasteiger partial charge in [0.2, 0.25) is 0 Å². The lowest BCUT2D eigenvalue weighted by atomic mass is 10.1. The van der Waals surface area contributed by atoms with E-state index in [0.29, 0.717) is 71.3 Å². The summed E-state index contributed by atoms with van der Waals surface area (Å²) in [6.45, 7) is 9.87. The van der Waals surface area contributed by atoms with Gasteiger partial charge in [0.1, 0.15) is 23.6 Å². The molecule has 12 nitrogen and oxygen atoms in total. The van der Waals surface area contributed by atoms with Crippen LogP contribution in [0.15, 0.2) is 40.9 Å². The van der Waals surface area contributed by atoms with Gasteiger partial charge in [0.05, 0.1) is 28.4 Å². The smallest absolute Gasteiger partial charge is 0.288 e. The van der Waals surface area contributed by atoms with E-state index < -0.39 is 13.0 Å². The Morgan fingerprint density at radius 1 is 1.19 bits per heavy atom. The van der Waals surface area contributed by atoms with Crippen molar-refractivity contribution in [2.75, 3.05) is 32.9 Å². The molecule has 0 radical (unpaired) electrons. The Morgan fingerprint density at radius 2 is 2.00 bits per heavy atom. The highest BCUT2D eigenvalue weighted by atomic mass is 32.1. The summed E-state index contributed by atoms with van der Waals surface area (Å²) in [5, 5.41) is 14.4. The number of hydrogen-bond acceptors (Lipinski definition) is 9. The Balaban J connectivity index is 1.49. The molecule has 0 atom stereocenters. The van der Waals surface area contributed by atoms with Gasteiger partial charge in [0.25, 0.3) is 17.2 Å². The number of thiazole rings is 1. The second-order valence-electron chi connectivity index (χ2n) is 11.5. The van der Waals surface area contributed by atoms with Crippen molar-refractivity contribution >= 4 is 42.0 Å². The molecule has 14 heteroatoms. The number of ether oxygens (including phenoxy) is 2. The van der Waals surface area contributed by atoms with Crippen LogP contribution in [0.1, 0.15) is 16.8 Å². The zero-order valence-electron chi connectivity index (χ0n) is 24.2. The van der Waals surface area contributed by atoms with Gasteiger partial charge in [-0.2, -0.15) is 0 Å². The molecule has 5 heterocycles. The van der Waals surface area contributed by atoms with Gasteiger partial charge in [-0.15, -0.1) is 11.3 Å². The minimum absolute atomic E-state index is 0.129. The van der Waals surface area contributed by atoms with Crippen LogP contribution in [0.5, 0.6) is 0 Å². The van der Waals surface area contributed by atoms with Gasteiger partial charge in [0.15, 0.2) is 0 Å². The molecule has 0 aliphatic carbocycles. The van der Waals surface area contributed by atoms with Crippen LogP contribution in [-0.2, 0) is 23.3 Å². The maximum Gasteiger partial charge on any atom is 0.288 e. The van der Waals surface area contributed by atoms with Gasteiger partial charge in [0, 0.05) is 76.2 Å². The maximum absolute atomic E-state index is 13.3. The Kier molecular flexibility index (Phi) is 8.68. The zero-order chi connectivity index (χ0) is 30.0. The number of rotatable bonds is 9. The molecule has 0 aromatic carbocycles. The van der Waals surface area contributed by atoms with Crippen molar-refractivity contribution in [3.05, 3.63) is 62.1 Å². The monoisotopic (exact) mass is 610 g/mol. The van der Waals surface area contributed by atoms with Gasteiger partial charge in [-0.25, -0.2) is 9.97 Å². The standard InChI is InChI=1S/C28H34N6O6SSi/c1-31-15-19(27(35)32-6-5-8-39-9-7-32)12-22(28(31)36)26-30-24(17-41-26)23-16-33(18-40-10-11-42(2,3)4)25-21(23)13-20(14-29-25)34(37)38/h12-17H,5-11,18H2,1-4H3. The summed E-state index contributed by atoms with van der Waals surface area (Å²) in [6.07, 6.45) is 5.37. The number of pyridine rings is 2. The highest BCUT2D eigenvalue weighted by molar-refractivity contribution is 7.13. The van der Waals surface area contributed by atoms with E-state index in [0.717, 1.165) is 12.5 Å². The van der Waals surface area contributed by atoms with Crippen LogP contribution in [0.3, 0.4) is 0 Å². The number of nitro groups is 1. The van der Waals surface area contributed by atoms with E-state index in [1.165, 1.54) is 28.2 Å². The number of hydrogen-bond donors (Lipinski definition) is 0. The molecule has 0 unspecified atom stereocenters. The average molecular weight is 611 g/mol. The van der Waals surface area contributed by atoms with E-state index in [-0.39, 0.29) is 23.9 Å². The fraction of sp³-hybridized carbons (Fsp3) is 0.429. The molecule has 222 valence electrons. The van der Waals surface area contributed by atoms with Crippen LogP contribution in [0.4, 0.5) is 5.69 Å². The van der Waals surface area contributed by atoms with Gasteiger partial charge < -0.3 is 23.5 Å². The summed E-state index contributed by atoms with van der Waals surface area (Å²) in [5.41, 5.74) is 2.05. The van der Waals surface area contributed by atoms with Crippen molar-refractivity contribution in [2.45, 2.75) is 38.8 Å². The van der Waals surface area contributed by atoms with E-state index in [4.69, 9.17) is 14.5 Å². The number of carbonyl (C=O) groups is 1. The molecule has 0 spiro atoms. The van der Waals surface area contributed by atoms with E-state index in [1.807, 2.05) is 10.8 Å². The molecule has 5 rings (SSSR count). The Hall–Kier alpha value is -3.72. The molecule has 4 aromatic rings. The van der Waals surface area contributed by atoms with E-state index >= 15 is 0 Å². The molecule has 1 saturated heterocycles. The van der Waals surface area contributed by atoms with Crippen molar-refractivity contribution in [1.82, 2.24) is 24.0 Å². The van der Waals surface area contributed by atoms with Crippen molar-refractivity contribution in [3.63, 3.8) is 0 Å². The van der Waals surface area contributed by atoms with Gasteiger partial charge in [-0.3, -0.25) is 19.7 Å². The lowest BCUT2D eigenvalue weighted by Crippen LogP contribution is -2.34. The van der Waals surface area contributed by atoms with E-state index in [9.17, 15) is 19.7 Å². The summed E-state index contributed by atoms with van der Waals surface area (Å²) in [6, 6.07) is 4.09. The predicted octanol–water partition coefficient (Wildman–Crippen LogP) is 4.61. The predicted molar refractivity (Wildman–Crippen MR) is 164 cm³/mol. The molecular weight excluding hydrogens is 576 g/mol. The third-order valence-corrected chi connectivity index (χ3v) is 9.67. The third kappa shape index (κ3) is 6.51. The van der Waals surface area contributed by atoms with Crippen molar-refractivity contribution in [3.8, 4) is 21.8 Å². The maximum atomic E-state index is 13.3. The topological polar surface area (TPSA) is 135 Å². The zero-order valence-corrected chi connectivity index (χ0v) is 26.0. The van der Waals surface area contributed by atoms with Crippen molar-refractivity contribution in [1.29, 1.82) is 0 Å². The lowest BCUT2D eigenvalue weighted by Gasteiger charge is -2.20. The van der Waals surface area contributed by atoms with Crippen molar-refractivity contribution < 1.29 is 19.2 Å². The van der Waals surface area contributed by atoms with Crippen LogP contribution in [0, 0.1) is 10.1 Å². The number of aryl methyl sites for hydroxylation is 1. The van der Waals surface area contributed by atoms with Gasteiger partial charge in [-0.1, -0.05) is 19.6 Å². The summed E-state index contributed by atoms with van der Waals surface area (Å²) in [4.78, 5) is 48.4. The Labute approximate surface area is 247 Å². The highest BCUT2D eigenvalue weighted by Gasteiger charge is 2.23. The minimum atomic E-state index is -1.27. The summed E-state index contributed by atoms with van der Waals surface area (Å²) in [7, 11) is 0.346. The quantitative estimate of drug-likeness (QED) is 0.116. The molecule has 1 fully saturated rings. The highest BCUT2D eigenvalue weighted by Crippen LogP contribution is 2.34. The van der Waals surface area contributed by atoms with Crippen LogP contribution in [0.2, 0.25) is 25.7 Å². The summed E-state index contributed by atoms with van der Waals surface area (Å²) >= 11 is 1.27. The second kappa shape index (κ2) is 12.3. The van der Waals surface area contributed by atoms with Crippen LogP contribution in [-0.4, -0.2) is 75.8 Å². The minimum Gasteiger partial charge on any atom is -0.380 e. The molecule has 0 saturated carbocycles. The van der Waals surface area contributed by atoms with Crippen LogP contribution < -0.4 is 5.56 Å². The van der Waals surface area contributed by atoms with Gasteiger partial charge in [-0.05, 0) is 18.5 Å². The molecule has 1 amide bonds. The normalized spacial score (nSPS) is 14.3. The first-order chi connectivity index (χ1) is 20.0. The number of aromatic nitrogens is 4. The molecular formula is C28H34N6O6SSi. The number of amides is 1. The Bertz CT molecular complexity index is 1680. The van der Waals surface area contributed by atoms with Crippen LogP contribution >= 0.6 is 11.3 Å². The summed E-state index contributed by atoms with van der Waals surface area (Å²) in [5.74, 6) is -0.162. The third-order valence-electron chi connectivity index (χ3n) is 7.09. The SMILES string of the molecule is Cn1cc(C(=O)N2CCCOCC2)cc(-c2nc(-c3cn(COCC[Si](C)(C)C)c4ncc([N+](=O)[O-])cc34)cs2)c1=O. The first kappa shape index (κ1) is 29.8. The molecule has 0 bridgehead atoms. The number of carbonyl (C=O) groups excluding carboxylic acids is 1. The molecule has 1 aliphatic rings. The fourth-order valence-corrected chi connectivity index (χ4v) is 6.32. The van der Waals surface area contributed by atoms with E-state index in [1.54, 1.807) is 29.6 Å². The fourth-order valence-electron chi connectivity index (χ4n) is 4.74. The first-order valence-electron chi connectivity index (χ1n) is 13.8. The van der Waals surface area contributed by atoms with E-state index in [2.05, 4.69) is 24.6 Å². The molecule has 42 heavy (non-hydrogen) atoms. The molecule has 0 N–H and O–H groups in total. The lowest BCUT2D eigenvalue weighted by molar-refractivity contribution is -0.385. The van der Waals surface area contributed by atoms with Gasteiger partial charge >= 0.3 is 0 Å². The first-order valence-corrected chi connectivity index (χ1v) is 18.4. The van der Waals surface area contributed by atoms with Crippen molar-refractivity contribution in [2.24, 2.45) is 7.05 Å². The summed E-state index contributed by atoms with van der Waals surface area (Å²) < 4.78 is 14.6. The number of fused-ring (bicyclic) bond motifs is 1. The van der Waals surface area contributed by atoms with Crippen LogP contribution in [0.25, 0.3) is 32.9 Å². The number of nitrogens with zero attached hydrogens (tertiary/aromatic N) is 6. The molecule has 1 aliphatic heterocycles.